The topological polar surface area (TPSA) is 93.0 Å². The number of rotatable bonds is 4. The Hall–Kier alpha value is -2.13. The molecule has 0 saturated carbocycles. The number of non-ortho nitro benzene ring substituents is 1. The van der Waals surface area contributed by atoms with Crippen molar-refractivity contribution in [3.05, 3.63) is 39.4 Å². The van der Waals surface area contributed by atoms with Gasteiger partial charge in [0, 0.05) is 55.7 Å². The molecule has 0 bridgehead atoms. The maximum absolute atomic E-state index is 12.8. The standard InChI is InChI=1S/C17H21N3O5S/c1-25-17(22)13-8-12(9-15(10-13)20(23)24)16(21)19-5-3-18(4-6-19)14-2-7-26-11-14/h8-10,14H,2-7,11H2,1H3/t14-/m0/s1. The monoisotopic (exact) mass is 379 g/mol. The van der Waals surface area contributed by atoms with E-state index in [0.717, 1.165) is 24.9 Å². The Morgan fingerprint density at radius 2 is 1.88 bits per heavy atom. The summed E-state index contributed by atoms with van der Waals surface area (Å²) in [6.07, 6.45) is 1.19. The number of amides is 1. The van der Waals surface area contributed by atoms with Crippen LogP contribution in [-0.4, -0.2) is 77.4 Å². The molecule has 2 heterocycles. The summed E-state index contributed by atoms with van der Waals surface area (Å²) in [5.74, 6) is 1.33. The highest BCUT2D eigenvalue weighted by Gasteiger charge is 2.29. The average Bonchev–Trinajstić information content (AvgIpc) is 3.21. The van der Waals surface area contributed by atoms with Gasteiger partial charge in [0.15, 0.2) is 0 Å². The van der Waals surface area contributed by atoms with E-state index in [0.29, 0.717) is 19.1 Å². The summed E-state index contributed by atoms with van der Waals surface area (Å²) in [5, 5.41) is 11.1. The first-order valence-electron chi connectivity index (χ1n) is 8.48. The molecule has 2 aliphatic heterocycles. The molecule has 2 fully saturated rings. The number of ether oxygens (including phenoxy) is 1. The van der Waals surface area contributed by atoms with Crippen molar-refractivity contribution in [2.75, 3.05) is 44.8 Å². The van der Waals surface area contributed by atoms with Crippen molar-refractivity contribution in [3.8, 4) is 0 Å². The third-order valence-electron chi connectivity index (χ3n) is 4.82. The molecule has 140 valence electrons. The van der Waals surface area contributed by atoms with Crippen LogP contribution < -0.4 is 0 Å². The number of piperazine rings is 1. The molecular weight excluding hydrogens is 358 g/mol. The summed E-state index contributed by atoms with van der Waals surface area (Å²) in [5.41, 5.74) is -0.144. The first kappa shape index (κ1) is 18.7. The fraction of sp³-hybridized carbons (Fsp3) is 0.529. The van der Waals surface area contributed by atoms with E-state index >= 15 is 0 Å². The quantitative estimate of drug-likeness (QED) is 0.446. The van der Waals surface area contributed by atoms with E-state index in [-0.39, 0.29) is 22.7 Å². The highest BCUT2D eigenvalue weighted by atomic mass is 32.2. The van der Waals surface area contributed by atoms with E-state index in [1.807, 2.05) is 11.8 Å². The van der Waals surface area contributed by atoms with Gasteiger partial charge in [0.2, 0.25) is 0 Å². The second kappa shape index (κ2) is 8.05. The fourth-order valence-corrected chi connectivity index (χ4v) is 4.61. The van der Waals surface area contributed by atoms with E-state index in [1.165, 1.54) is 31.4 Å². The molecule has 9 heteroatoms. The Labute approximate surface area is 155 Å². The van der Waals surface area contributed by atoms with E-state index < -0.39 is 10.9 Å². The van der Waals surface area contributed by atoms with Crippen LogP contribution in [0.1, 0.15) is 27.1 Å². The van der Waals surface area contributed by atoms with Gasteiger partial charge in [-0.3, -0.25) is 19.8 Å². The number of esters is 1. The molecule has 2 saturated heterocycles. The van der Waals surface area contributed by atoms with Gasteiger partial charge in [-0.05, 0) is 18.2 Å². The molecule has 1 aromatic carbocycles. The molecule has 0 spiro atoms. The predicted octanol–water partition coefficient (Wildman–Crippen LogP) is 1.64. The third-order valence-corrected chi connectivity index (χ3v) is 5.97. The minimum absolute atomic E-state index is 0.00617. The van der Waals surface area contributed by atoms with Crippen molar-refractivity contribution in [2.24, 2.45) is 0 Å². The maximum atomic E-state index is 12.8. The Bertz CT molecular complexity index is 712. The van der Waals surface area contributed by atoms with Crippen molar-refractivity contribution in [3.63, 3.8) is 0 Å². The molecule has 8 nitrogen and oxygen atoms in total. The number of nitro benzene ring substituents is 1. The summed E-state index contributed by atoms with van der Waals surface area (Å²) in [4.78, 5) is 39.2. The van der Waals surface area contributed by atoms with Crippen molar-refractivity contribution in [2.45, 2.75) is 12.5 Å². The number of nitrogens with zero attached hydrogens (tertiary/aromatic N) is 3. The van der Waals surface area contributed by atoms with E-state index in [1.54, 1.807) is 4.90 Å². The SMILES string of the molecule is COC(=O)c1cc(C(=O)N2CCN([C@H]3CCSC3)CC2)cc([N+](=O)[O-])c1. The van der Waals surface area contributed by atoms with Gasteiger partial charge in [0.1, 0.15) is 0 Å². The van der Waals surface area contributed by atoms with Gasteiger partial charge in [-0.15, -0.1) is 0 Å². The molecule has 26 heavy (non-hydrogen) atoms. The van der Waals surface area contributed by atoms with Gasteiger partial charge in [0.25, 0.3) is 11.6 Å². The number of benzene rings is 1. The van der Waals surface area contributed by atoms with Gasteiger partial charge < -0.3 is 9.64 Å². The lowest BCUT2D eigenvalue weighted by molar-refractivity contribution is -0.384. The van der Waals surface area contributed by atoms with Crippen molar-refractivity contribution in [1.29, 1.82) is 0 Å². The minimum atomic E-state index is -0.702. The van der Waals surface area contributed by atoms with E-state index in [9.17, 15) is 19.7 Å². The zero-order valence-corrected chi connectivity index (χ0v) is 15.4. The zero-order chi connectivity index (χ0) is 18.7. The number of methoxy groups -OCH3 is 1. The summed E-state index contributed by atoms with van der Waals surface area (Å²) in [7, 11) is 1.20. The second-order valence-corrected chi connectivity index (χ2v) is 7.51. The molecule has 0 aromatic heterocycles. The lowest BCUT2D eigenvalue weighted by Gasteiger charge is -2.37. The van der Waals surface area contributed by atoms with Gasteiger partial charge >= 0.3 is 5.97 Å². The Morgan fingerprint density at radius 3 is 2.46 bits per heavy atom. The van der Waals surface area contributed by atoms with Gasteiger partial charge in [-0.2, -0.15) is 11.8 Å². The Morgan fingerprint density at radius 1 is 1.19 bits per heavy atom. The van der Waals surface area contributed by atoms with Crippen LogP contribution >= 0.6 is 11.8 Å². The van der Waals surface area contributed by atoms with Crippen LogP contribution in [0.5, 0.6) is 0 Å². The first-order valence-corrected chi connectivity index (χ1v) is 9.64. The summed E-state index contributed by atoms with van der Waals surface area (Å²) >= 11 is 1.96. The predicted molar refractivity (Wildman–Crippen MR) is 97.6 cm³/mol. The van der Waals surface area contributed by atoms with E-state index in [4.69, 9.17) is 0 Å². The van der Waals surface area contributed by atoms with Crippen molar-refractivity contribution in [1.82, 2.24) is 9.80 Å². The molecule has 2 aliphatic rings. The summed E-state index contributed by atoms with van der Waals surface area (Å²) in [6, 6.07) is 4.29. The number of nitro groups is 1. The van der Waals surface area contributed by atoms with Crippen molar-refractivity contribution < 1.29 is 19.2 Å². The van der Waals surface area contributed by atoms with Crippen LogP contribution in [0.2, 0.25) is 0 Å². The first-order chi connectivity index (χ1) is 12.5. The number of carbonyl (C=O) groups is 2. The number of hydrogen-bond donors (Lipinski definition) is 0. The van der Waals surface area contributed by atoms with Crippen molar-refractivity contribution >= 4 is 29.3 Å². The fourth-order valence-electron chi connectivity index (χ4n) is 3.36. The van der Waals surface area contributed by atoms with E-state index in [2.05, 4.69) is 9.64 Å². The van der Waals surface area contributed by atoms with Crippen LogP contribution in [0.15, 0.2) is 18.2 Å². The molecule has 1 amide bonds. The van der Waals surface area contributed by atoms with Crippen LogP contribution in [0, 0.1) is 10.1 Å². The molecule has 0 aliphatic carbocycles. The molecule has 0 unspecified atom stereocenters. The van der Waals surface area contributed by atoms with Crippen LogP contribution in [0.25, 0.3) is 0 Å². The Balaban J connectivity index is 1.74. The van der Waals surface area contributed by atoms with Crippen LogP contribution in [-0.2, 0) is 4.74 Å². The Kier molecular flexibility index (Phi) is 5.77. The molecular formula is C17H21N3O5S. The smallest absolute Gasteiger partial charge is 0.338 e. The highest BCUT2D eigenvalue weighted by Crippen LogP contribution is 2.24. The number of thioether (sulfide) groups is 1. The van der Waals surface area contributed by atoms with Gasteiger partial charge in [0.05, 0.1) is 17.6 Å². The summed E-state index contributed by atoms with van der Waals surface area (Å²) in [6.45, 7) is 2.76. The van der Waals surface area contributed by atoms with Crippen LogP contribution in [0.3, 0.4) is 0 Å². The van der Waals surface area contributed by atoms with Gasteiger partial charge in [-0.25, -0.2) is 4.79 Å². The normalized spacial score (nSPS) is 20.8. The second-order valence-electron chi connectivity index (χ2n) is 6.36. The average molecular weight is 379 g/mol. The largest absolute Gasteiger partial charge is 0.465 e. The maximum Gasteiger partial charge on any atom is 0.338 e. The summed E-state index contributed by atoms with van der Waals surface area (Å²) < 4.78 is 4.63. The molecule has 0 radical (unpaired) electrons. The molecule has 1 atom stereocenters. The minimum Gasteiger partial charge on any atom is -0.465 e. The lowest BCUT2D eigenvalue weighted by Crippen LogP contribution is -2.52. The van der Waals surface area contributed by atoms with Crippen LogP contribution in [0.4, 0.5) is 5.69 Å². The molecule has 3 rings (SSSR count). The van der Waals surface area contributed by atoms with Gasteiger partial charge in [-0.1, -0.05) is 0 Å². The third kappa shape index (κ3) is 3.99. The molecule has 0 N–H and O–H groups in total. The molecule has 1 aromatic rings. The number of carbonyl (C=O) groups excluding carboxylic acids is 2. The zero-order valence-electron chi connectivity index (χ0n) is 14.6. The number of hydrogen-bond acceptors (Lipinski definition) is 7. The highest BCUT2D eigenvalue weighted by molar-refractivity contribution is 7.99. The lowest BCUT2D eigenvalue weighted by atomic mass is 10.1.